The molecule has 0 radical (unpaired) electrons. The topological polar surface area (TPSA) is 73.1 Å². The monoisotopic (exact) mass is 303 g/mol. The zero-order valence-corrected chi connectivity index (χ0v) is 12.1. The van der Waals surface area contributed by atoms with Crippen LogP contribution >= 0.6 is 0 Å². The molecular weight excluding hydrogens is 289 g/mol. The van der Waals surface area contributed by atoms with Crippen molar-refractivity contribution < 1.29 is 9.18 Å². The average molecular weight is 303 g/mol. The molecule has 114 valence electrons. The fourth-order valence-corrected chi connectivity index (χ4v) is 2.79. The van der Waals surface area contributed by atoms with Gasteiger partial charge in [0, 0.05) is 26.4 Å². The molecule has 0 saturated heterocycles. The second-order valence-electron chi connectivity index (χ2n) is 5.32. The van der Waals surface area contributed by atoms with E-state index in [9.17, 15) is 18.8 Å². The summed E-state index contributed by atoms with van der Waals surface area (Å²) in [4.78, 5) is 36.4. The van der Waals surface area contributed by atoms with Crippen molar-refractivity contribution >= 4 is 11.7 Å². The molecule has 0 saturated carbocycles. The summed E-state index contributed by atoms with van der Waals surface area (Å²) in [5.41, 5.74) is 0.0419. The number of hydrogen-bond acceptors (Lipinski definition) is 3. The van der Waals surface area contributed by atoms with Crippen LogP contribution in [-0.4, -0.2) is 15.0 Å². The minimum atomic E-state index is -0.510. The van der Waals surface area contributed by atoms with Gasteiger partial charge in [-0.2, -0.15) is 0 Å². The van der Waals surface area contributed by atoms with Crippen molar-refractivity contribution in [2.75, 3.05) is 5.32 Å². The highest BCUT2D eigenvalue weighted by Gasteiger charge is 2.32. The Labute approximate surface area is 124 Å². The molecule has 0 fully saturated rings. The van der Waals surface area contributed by atoms with Crippen LogP contribution in [-0.2, 0) is 18.9 Å². The Bertz CT molecular complexity index is 881. The van der Waals surface area contributed by atoms with Crippen molar-refractivity contribution in [2.24, 2.45) is 14.1 Å². The maximum Gasteiger partial charge on any atom is 0.332 e. The third kappa shape index (κ3) is 2.05. The molecule has 3 rings (SSSR count). The molecule has 1 aromatic carbocycles. The first-order valence-corrected chi connectivity index (χ1v) is 6.75. The summed E-state index contributed by atoms with van der Waals surface area (Å²) >= 11 is 0. The fraction of sp³-hybridized carbons (Fsp3) is 0.267. The van der Waals surface area contributed by atoms with Gasteiger partial charge in [-0.25, -0.2) is 9.18 Å². The van der Waals surface area contributed by atoms with Crippen molar-refractivity contribution in [3.05, 3.63) is 62.0 Å². The van der Waals surface area contributed by atoms with E-state index in [4.69, 9.17) is 0 Å². The molecule has 1 aliphatic rings. The largest absolute Gasteiger partial charge is 0.332 e. The molecule has 0 bridgehead atoms. The van der Waals surface area contributed by atoms with Crippen LogP contribution in [0.2, 0.25) is 0 Å². The van der Waals surface area contributed by atoms with Crippen LogP contribution in [0.5, 0.6) is 0 Å². The molecule has 22 heavy (non-hydrogen) atoms. The second kappa shape index (κ2) is 4.94. The van der Waals surface area contributed by atoms with Crippen molar-refractivity contribution in [3.63, 3.8) is 0 Å². The van der Waals surface area contributed by atoms with E-state index in [1.807, 2.05) is 0 Å². The Morgan fingerprint density at radius 1 is 1.09 bits per heavy atom. The van der Waals surface area contributed by atoms with E-state index in [1.165, 1.54) is 30.8 Å². The minimum absolute atomic E-state index is 0.0755. The molecule has 1 N–H and O–H groups in total. The van der Waals surface area contributed by atoms with Crippen LogP contribution < -0.4 is 16.6 Å². The maximum absolute atomic E-state index is 13.1. The van der Waals surface area contributed by atoms with Crippen molar-refractivity contribution in [2.45, 2.75) is 12.3 Å². The molecular formula is C15H14FN3O3. The molecule has 1 amide bonds. The summed E-state index contributed by atoms with van der Waals surface area (Å²) in [6.45, 7) is 0. The van der Waals surface area contributed by atoms with E-state index >= 15 is 0 Å². The van der Waals surface area contributed by atoms with Gasteiger partial charge >= 0.3 is 5.69 Å². The van der Waals surface area contributed by atoms with Gasteiger partial charge in [0.1, 0.15) is 11.6 Å². The van der Waals surface area contributed by atoms with Gasteiger partial charge in [0.25, 0.3) is 5.56 Å². The summed E-state index contributed by atoms with van der Waals surface area (Å²) in [5, 5.41) is 2.58. The number of halogens is 1. The van der Waals surface area contributed by atoms with E-state index < -0.39 is 23.0 Å². The standard InChI is InChI=1S/C15H14FN3O3/c1-18-13-12(14(21)19(2)15(18)22)10(7-11(20)17-13)8-3-5-9(16)6-4-8/h3-6,10H,7H2,1-2H3,(H,17,20)/t10-/m1/s1. The van der Waals surface area contributed by atoms with E-state index in [1.54, 1.807) is 12.1 Å². The first-order chi connectivity index (χ1) is 10.4. The average Bonchev–Trinajstić information content (AvgIpc) is 2.50. The van der Waals surface area contributed by atoms with E-state index in [0.29, 0.717) is 11.1 Å². The summed E-state index contributed by atoms with van der Waals surface area (Å²) < 4.78 is 15.3. The van der Waals surface area contributed by atoms with E-state index in [-0.39, 0.29) is 18.1 Å². The molecule has 1 aromatic heterocycles. The zero-order valence-electron chi connectivity index (χ0n) is 12.1. The van der Waals surface area contributed by atoms with Crippen LogP contribution in [0.25, 0.3) is 0 Å². The lowest BCUT2D eigenvalue weighted by Gasteiger charge is -2.27. The fourth-order valence-electron chi connectivity index (χ4n) is 2.79. The SMILES string of the molecule is Cn1c2c(c(=O)n(C)c1=O)[C@@H](c1ccc(F)cc1)CC(=O)N2. The lowest BCUT2D eigenvalue weighted by molar-refractivity contribution is -0.116. The first kappa shape index (κ1) is 14.2. The van der Waals surface area contributed by atoms with Crippen molar-refractivity contribution in [3.8, 4) is 0 Å². The van der Waals surface area contributed by atoms with Gasteiger partial charge in [-0.1, -0.05) is 12.1 Å². The quantitative estimate of drug-likeness (QED) is 0.842. The predicted molar refractivity (Wildman–Crippen MR) is 78.4 cm³/mol. The Hall–Kier alpha value is -2.70. The Balaban J connectivity index is 2.30. The highest BCUT2D eigenvalue weighted by atomic mass is 19.1. The van der Waals surface area contributed by atoms with Gasteiger partial charge in [-0.05, 0) is 17.7 Å². The number of fused-ring (bicyclic) bond motifs is 1. The molecule has 6 nitrogen and oxygen atoms in total. The Morgan fingerprint density at radius 3 is 2.36 bits per heavy atom. The smallest absolute Gasteiger partial charge is 0.312 e. The van der Waals surface area contributed by atoms with Gasteiger partial charge in [0.05, 0.1) is 5.56 Å². The highest BCUT2D eigenvalue weighted by Crippen LogP contribution is 2.33. The van der Waals surface area contributed by atoms with E-state index in [0.717, 1.165) is 4.57 Å². The molecule has 1 aliphatic heterocycles. The lowest BCUT2D eigenvalue weighted by atomic mass is 9.86. The number of rotatable bonds is 1. The van der Waals surface area contributed by atoms with Gasteiger partial charge < -0.3 is 5.32 Å². The van der Waals surface area contributed by atoms with Crippen LogP contribution in [0.1, 0.15) is 23.5 Å². The summed E-state index contributed by atoms with van der Waals surface area (Å²) in [6.07, 6.45) is 0.0755. The first-order valence-electron chi connectivity index (χ1n) is 6.75. The Kier molecular flexibility index (Phi) is 3.20. The van der Waals surface area contributed by atoms with Crippen molar-refractivity contribution in [1.82, 2.24) is 9.13 Å². The molecule has 7 heteroatoms. The predicted octanol–water partition coefficient (Wildman–Crippen LogP) is 0.697. The molecule has 0 spiro atoms. The molecule has 2 aromatic rings. The summed E-state index contributed by atoms with van der Waals surface area (Å²) in [7, 11) is 2.89. The highest BCUT2D eigenvalue weighted by molar-refractivity contribution is 5.94. The van der Waals surface area contributed by atoms with Crippen molar-refractivity contribution in [1.29, 1.82) is 0 Å². The number of amides is 1. The number of anilines is 1. The minimum Gasteiger partial charge on any atom is -0.312 e. The number of aromatic nitrogens is 2. The molecule has 1 atom stereocenters. The Morgan fingerprint density at radius 2 is 1.73 bits per heavy atom. The second-order valence-corrected chi connectivity index (χ2v) is 5.32. The maximum atomic E-state index is 13.1. The van der Waals surface area contributed by atoms with Crippen LogP contribution in [0.4, 0.5) is 10.2 Å². The van der Waals surface area contributed by atoms with Crippen LogP contribution in [0.3, 0.4) is 0 Å². The third-order valence-electron chi connectivity index (χ3n) is 3.97. The number of benzene rings is 1. The summed E-state index contributed by atoms with van der Waals surface area (Å²) in [5.74, 6) is -0.976. The number of nitrogens with one attached hydrogen (secondary N) is 1. The van der Waals surface area contributed by atoms with E-state index in [2.05, 4.69) is 5.32 Å². The van der Waals surface area contributed by atoms with Gasteiger partial charge in [0.2, 0.25) is 5.91 Å². The van der Waals surface area contributed by atoms with Gasteiger partial charge in [-0.15, -0.1) is 0 Å². The number of carbonyl (C=O) groups excluding carboxylic acids is 1. The van der Waals surface area contributed by atoms with Gasteiger partial charge in [0.15, 0.2) is 0 Å². The normalized spacial score (nSPS) is 17.0. The number of hydrogen-bond donors (Lipinski definition) is 1. The molecule has 2 heterocycles. The third-order valence-corrected chi connectivity index (χ3v) is 3.97. The number of nitrogens with zero attached hydrogens (tertiary/aromatic N) is 2. The summed E-state index contributed by atoms with van der Waals surface area (Å²) in [6, 6.07) is 5.67. The molecule has 0 aliphatic carbocycles. The zero-order chi connectivity index (χ0) is 16.0. The van der Waals surface area contributed by atoms with Gasteiger partial charge in [-0.3, -0.25) is 18.7 Å². The van der Waals surface area contributed by atoms with Crippen LogP contribution in [0, 0.1) is 5.82 Å². The van der Waals surface area contributed by atoms with Crippen LogP contribution in [0.15, 0.2) is 33.9 Å². The number of carbonyl (C=O) groups is 1. The lowest BCUT2D eigenvalue weighted by Crippen LogP contribution is -2.44. The molecule has 0 unspecified atom stereocenters.